The van der Waals surface area contributed by atoms with Crippen LogP contribution in [0.5, 0.6) is 0 Å². The number of aromatic nitrogens is 2. The van der Waals surface area contributed by atoms with Crippen LogP contribution in [0.1, 0.15) is 50.4 Å². The van der Waals surface area contributed by atoms with E-state index in [0.29, 0.717) is 11.0 Å². The Bertz CT molecular complexity index is 518. The van der Waals surface area contributed by atoms with Crippen molar-refractivity contribution in [2.45, 2.75) is 45.6 Å². The minimum atomic E-state index is -0.0833. The normalized spacial score (nSPS) is 21.0. The van der Waals surface area contributed by atoms with Crippen LogP contribution in [-0.4, -0.2) is 46.8 Å². The van der Waals surface area contributed by atoms with Crippen molar-refractivity contribution < 1.29 is 4.79 Å². The van der Waals surface area contributed by atoms with Gasteiger partial charge in [0.1, 0.15) is 0 Å². The van der Waals surface area contributed by atoms with Crippen molar-refractivity contribution >= 4 is 18.3 Å². The topological polar surface area (TPSA) is 50.2 Å². The van der Waals surface area contributed by atoms with Crippen molar-refractivity contribution in [3.63, 3.8) is 0 Å². The van der Waals surface area contributed by atoms with Crippen LogP contribution in [-0.2, 0) is 5.54 Å². The molecule has 0 bridgehead atoms. The first-order valence-corrected chi connectivity index (χ1v) is 7.95. The molecule has 2 fully saturated rings. The Morgan fingerprint density at radius 3 is 2.45 bits per heavy atom. The molecule has 3 rings (SSSR count). The monoisotopic (exact) mass is 326 g/mol. The number of carbonyl (C=O) groups excluding carboxylic acids is 1. The molecular formula is C16H27ClN4O. The van der Waals surface area contributed by atoms with Gasteiger partial charge in [-0.1, -0.05) is 0 Å². The van der Waals surface area contributed by atoms with E-state index in [2.05, 4.69) is 31.2 Å². The number of rotatable bonds is 1. The van der Waals surface area contributed by atoms with Crippen LogP contribution < -0.4 is 5.32 Å². The van der Waals surface area contributed by atoms with E-state index in [1.807, 2.05) is 15.8 Å². The van der Waals surface area contributed by atoms with Crippen molar-refractivity contribution in [2.75, 3.05) is 26.2 Å². The molecule has 0 radical (unpaired) electrons. The summed E-state index contributed by atoms with van der Waals surface area (Å²) >= 11 is 0. The SMILES string of the molecule is CC(C)(C)n1cc(C(=O)N2CCC3(CCNC3)CC2)cn1.Cl. The molecule has 1 aromatic rings. The Morgan fingerprint density at radius 2 is 1.95 bits per heavy atom. The quantitative estimate of drug-likeness (QED) is 0.861. The number of carbonyl (C=O) groups is 1. The van der Waals surface area contributed by atoms with E-state index < -0.39 is 0 Å². The average molecular weight is 327 g/mol. The molecule has 1 N–H and O–H groups in total. The van der Waals surface area contributed by atoms with Gasteiger partial charge in [0.25, 0.3) is 5.91 Å². The Morgan fingerprint density at radius 1 is 1.27 bits per heavy atom. The van der Waals surface area contributed by atoms with Crippen LogP contribution >= 0.6 is 12.4 Å². The van der Waals surface area contributed by atoms with Crippen LogP contribution in [0.2, 0.25) is 0 Å². The molecule has 0 unspecified atom stereocenters. The number of hydrogen-bond acceptors (Lipinski definition) is 3. The molecule has 1 aromatic heterocycles. The lowest BCUT2D eigenvalue weighted by molar-refractivity contribution is 0.0607. The second-order valence-corrected chi connectivity index (χ2v) is 7.56. The van der Waals surface area contributed by atoms with Crippen LogP contribution in [0.15, 0.2) is 12.4 Å². The van der Waals surface area contributed by atoms with E-state index >= 15 is 0 Å². The minimum Gasteiger partial charge on any atom is -0.339 e. The van der Waals surface area contributed by atoms with Crippen molar-refractivity contribution in [3.8, 4) is 0 Å². The molecule has 0 atom stereocenters. The second kappa shape index (κ2) is 6.20. The molecular weight excluding hydrogens is 300 g/mol. The summed E-state index contributed by atoms with van der Waals surface area (Å²) in [6, 6.07) is 0. The summed E-state index contributed by atoms with van der Waals surface area (Å²) in [5.74, 6) is 0.131. The van der Waals surface area contributed by atoms with Gasteiger partial charge in [-0.2, -0.15) is 5.10 Å². The molecule has 3 heterocycles. The number of hydrogen-bond donors (Lipinski definition) is 1. The van der Waals surface area contributed by atoms with Crippen LogP contribution in [0.25, 0.3) is 0 Å². The third-order valence-electron chi connectivity index (χ3n) is 4.96. The van der Waals surface area contributed by atoms with Crippen LogP contribution in [0, 0.1) is 5.41 Å². The lowest BCUT2D eigenvalue weighted by Gasteiger charge is -2.38. The molecule has 22 heavy (non-hydrogen) atoms. The van der Waals surface area contributed by atoms with Crippen molar-refractivity contribution in [3.05, 3.63) is 18.0 Å². The largest absolute Gasteiger partial charge is 0.339 e. The third kappa shape index (κ3) is 3.30. The highest BCUT2D eigenvalue weighted by molar-refractivity contribution is 5.93. The highest BCUT2D eigenvalue weighted by Gasteiger charge is 2.38. The first-order valence-electron chi connectivity index (χ1n) is 7.95. The summed E-state index contributed by atoms with van der Waals surface area (Å²) in [6.07, 6.45) is 7.09. The van der Waals surface area contributed by atoms with Gasteiger partial charge in [-0.05, 0) is 52.0 Å². The lowest BCUT2D eigenvalue weighted by Crippen LogP contribution is -2.44. The number of halogens is 1. The summed E-state index contributed by atoms with van der Waals surface area (Å²) in [7, 11) is 0. The highest BCUT2D eigenvalue weighted by atomic mass is 35.5. The number of nitrogens with zero attached hydrogens (tertiary/aromatic N) is 3. The molecule has 6 heteroatoms. The van der Waals surface area contributed by atoms with E-state index in [9.17, 15) is 4.79 Å². The maximum atomic E-state index is 12.6. The number of piperidine rings is 1. The van der Waals surface area contributed by atoms with E-state index in [1.54, 1.807) is 6.20 Å². The summed E-state index contributed by atoms with van der Waals surface area (Å²) < 4.78 is 1.87. The Balaban J connectivity index is 0.00000176. The number of likely N-dealkylation sites (tertiary alicyclic amines) is 1. The molecule has 1 amide bonds. The average Bonchev–Trinajstić information content (AvgIpc) is 3.08. The van der Waals surface area contributed by atoms with Crippen molar-refractivity contribution in [1.82, 2.24) is 20.0 Å². The highest BCUT2D eigenvalue weighted by Crippen LogP contribution is 2.37. The summed E-state index contributed by atoms with van der Waals surface area (Å²) in [4.78, 5) is 14.6. The fraction of sp³-hybridized carbons (Fsp3) is 0.750. The molecule has 0 aromatic carbocycles. The minimum absolute atomic E-state index is 0. The zero-order chi connectivity index (χ0) is 15.1. The summed E-state index contributed by atoms with van der Waals surface area (Å²) in [6.45, 7) is 10.3. The maximum Gasteiger partial charge on any atom is 0.257 e. The smallest absolute Gasteiger partial charge is 0.257 e. The molecule has 1 spiro atoms. The molecule has 2 saturated heterocycles. The molecule has 2 aliphatic rings. The second-order valence-electron chi connectivity index (χ2n) is 7.56. The predicted molar refractivity (Wildman–Crippen MR) is 89.5 cm³/mol. The molecule has 2 aliphatic heterocycles. The molecule has 0 aliphatic carbocycles. The van der Waals surface area contributed by atoms with Gasteiger partial charge in [0.15, 0.2) is 0 Å². The van der Waals surface area contributed by atoms with Gasteiger partial charge in [-0.25, -0.2) is 0 Å². The van der Waals surface area contributed by atoms with E-state index in [-0.39, 0.29) is 23.9 Å². The van der Waals surface area contributed by atoms with Gasteiger partial charge in [-0.15, -0.1) is 12.4 Å². The predicted octanol–water partition coefficient (Wildman–Crippen LogP) is 2.28. The number of nitrogens with one attached hydrogen (secondary N) is 1. The fourth-order valence-corrected chi connectivity index (χ4v) is 3.39. The van der Waals surface area contributed by atoms with E-state index in [4.69, 9.17) is 0 Å². The molecule has 124 valence electrons. The van der Waals surface area contributed by atoms with Gasteiger partial charge < -0.3 is 10.2 Å². The zero-order valence-electron chi connectivity index (χ0n) is 13.8. The Hall–Kier alpha value is -1.07. The van der Waals surface area contributed by atoms with Gasteiger partial charge in [0, 0.05) is 25.8 Å². The van der Waals surface area contributed by atoms with Crippen LogP contribution in [0.3, 0.4) is 0 Å². The summed E-state index contributed by atoms with van der Waals surface area (Å²) in [5, 5.41) is 7.80. The maximum absolute atomic E-state index is 12.6. The number of amides is 1. The summed E-state index contributed by atoms with van der Waals surface area (Å²) in [5.41, 5.74) is 1.08. The van der Waals surface area contributed by atoms with Gasteiger partial charge in [0.05, 0.1) is 17.3 Å². The Labute approximate surface area is 138 Å². The van der Waals surface area contributed by atoms with Crippen LogP contribution in [0.4, 0.5) is 0 Å². The van der Waals surface area contributed by atoms with Crippen molar-refractivity contribution in [2.24, 2.45) is 5.41 Å². The molecule has 5 nitrogen and oxygen atoms in total. The van der Waals surface area contributed by atoms with E-state index in [0.717, 1.165) is 39.0 Å². The third-order valence-corrected chi connectivity index (χ3v) is 4.96. The zero-order valence-corrected chi connectivity index (χ0v) is 14.6. The molecule has 0 saturated carbocycles. The standard InChI is InChI=1S/C16H26N4O.ClH/c1-15(2,3)20-11-13(10-18-20)14(21)19-8-5-16(6-9-19)4-7-17-12-16;/h10-11,17H,4-9,12H2,1-3H3;1H. The lowest BCUT2D eigenvalue weighted by atomic mass is 9.78. The van der Waals surface area contributed by atoms with Gasteiger partial charge in [-0.3, -0.25) is 9.48 Å². The van der Waals surface area contributed by atoms with Gasteiger partial charge in [0.2, 0.25) is 0 Å². The first kappa shape index (κ1) is 17.3. The first-order chi connectivity index (χ1) is 9.90. The van der Waals surface area contributed by atoms with E-state index in [1.165, 1.54) is 6.42 Å². The van der Waals surface area contributed by atoms with Crippen molar-refractivity contribution in [1.29, 1.82) is 0 Å². The Kier molecular flexibility index (Phi) is 4.87. The van der Waals surface area contributed by atoms with Gasteiger partial charge >= 0.3 is 0 Å². The fourth-order valence-electron chi connectivity index (χ4n) is 3.39.